The number of hydrogen-bond donors (Lipinski definition) is 3. The summed E-state index contributed by atoms with van der Waals surface area (Å²) in [4.78, 5) is 29.6. The van der Waals surface area contributed by atoms with Crippen LogP contribution in [-0.4, -0.2) is 71.0 Å². The lowest BCUT2D eigenvalue weighted by Crippen LogP contribution is -2.54. The van der Waals surface area contributed by atoms with Gasteiger partial charge in [0.2, 0.25) is 0 Å². The van der Waals surface area contributed by atoms with E-state index in [-0.39, 0.29) is 32.0 Å². The van der Waals surface area contributed by atoms with Crippen LogP contribution in [-0.2, 0) is 9.47 Å². The molecule has 2 atom stereocenters. The summed E-state index contributed by atoms with van der Waals surface area (Å²) in [6.45, 7) is 3.97. The smallest absolute Gasteiger partial charge is 0.419 e. The van der Waals surface area contributed by atoms with E-state index in [0.29, 0.717) is 11.4 Å². The average Bonchev–Trinajstić information content (AvgIpc) is 3.24. The van der Waals surface area contributed by atoms with Crippen molar-refractivity contribution in [3.8, 4) is 0 Å². The standard InChI is InChI=1S/C18H25F3N4O4S/c1-16(2,3)29-15(27)24-7-5-17(10-24,18(19,20)21)28-9-8-25-11-4-6-22-12(11)13(26)23-14(25)30/h4,6,14,22,30H,5,7-10H2,1-3H3,(H,23,26). The van der Waals surface area contributed by atoms with Gasteiger partial charge >= 0.3 is 12.3 Å². The minimum absolute atomic E-state index is 0.0591. The van der Waals surface area contributed by atoms with Gasteiger partial charge < -0.3 is 29.6 Å². The first-order valence-corrected chi connectivity index (χ1v) is 9.96. The lowest BCUT2D eigenvalue weighted by molar-refractivity contribution is -0.271. The van der Waals surface area contributed by atoms with E-state index in [9.17, 15) is 22.8 Å². The van der Waals surface area contributed by atoms with Crippen LogP contribution in [0.3, 0.4) is 0 Å². The molecule has 12 heteroatoms. The van der Waals surface area contributed by atoms with Crippen LogP contribution in [0, 0.1) is 0 Å². The molecule has 2 amide bonds. The number of aromatic amines is 1. The molecule has 0 aromatic carbocycles. The number of carbonyl (C=O) groups is 2. The second-order valence-electron chi connectivity index (χ2n) is 8.27. The molecule has 1 saturated heterocycles. The van der Waals surface area contributed by atoms with Gasteiger partial charge in [0, 0.05) is 25.7 Å². The molecule has 1 fully saturated rings. The van der Waals surface area contributed by atoms with Crippen molar-refractivity contribution >= 4 is 30.3 Å². The Hall–Kier alpha value is -2.08. The Morgan fingerprint density at radius 3 is 2.70 bits per heavy atom. The summed E-state index contributed by atoms with van der Waals surface area (Å²) >= 11 is 4.29. The van der Waals surface area contributed by atoms with Crippen molar-refractivity contribution in [3.05, 3.63) is 18.0 Å². The van der Waals surface area contributed by atoms with Crippen LogP contribution in [0.1, 0.15) is 37.7 Å². The van der Waals surface area contributed by atoms with Gasteiger partial charge in [0.15, 0.2) is 5.60 Å². The number of nitrogens with zero attached hydrogens (tertiary/aromatic N) is 2. The first-order chi connectivity index (χ1) is 13.8. The molecule has 30 heavy (non-hydrogen) atoms. The average molecular weight is 450 g/mol. The van der Waals surface area contributed by atoms with Gasteiger partial charge in [-0.2, -0.15) is 13.2 Å². The Morgan fingerprint density at radius 2 is 2.07 bits per heavy atom. The van der Waals surface area contributed by atoms with Crippen molar-refractivity contribution in [1.29, 1.82) is 0 Å². The Morgan fingerprint density at radius 1 is 1.37 bits per heavy atom. The van der Waals surface area contributed by atoms with E-state index in [2.05, 4.69) is 22.9 Å². The molecule has 2 aliphatic heterocycles. The fraction of sp³-hybridized carbons (Fsp3) is 0.667. The molecule has 2 N–H and O–H groups in total. The van der Waals surface area contributed by atoms with Crippen LogP contribution in [0.15, 0.2) is 12.3 Å². The van der Waals surface area contributed by atoms with Gasteiger partial charge in [-0.05, 0) is 26.8 Å². The molecular weight excluding hydrogens is 425 g/mol. The number of amides is 2. The fourth-order valence-corrected chi connectivity index (χ4v) is 3.82. The Balaban J connectivity index is 1.67. The molecule has 0 bridgehead atoms. The van der Waals surface area contributed by atoms with Crippen LogP contribution in [0.2, 0.25) is 0 Å². The zero-order valence-electron chi connectivity index (χ0n) is 16.9. The number of carbonyl (C=O) groups excluding carboxylic acids is 2. The summed E-state index contributed by atoms with van der Waals surface area (Å²) in [7, 11) is 0. The van der Waals surface area contributed by atoms with Crippen molar-refractivity contribution in [1.82, 2.24) is 15.2 Å². The minimum Gasteiger partial charge on any atom is -0.444 e. The van der Waals surface area contributed by atoms with Crippen LogP contribution in [0.4, 0.5) is 23.7 Å². The predicted molar refractivity (Wildman–Crippen MR) is 106 cm³/mol. The summed E-state index contributed by atoms with van der Waals surface area (Å²) in [6, 6.07) is 1.65. The number of anilines is 1. The van der Waals surface area contributed by atoms with Crippen LogP contribution in [0.25, 0.3) is 0 Å². The number of fused-ring (bicyclic) bond motifs is 1. The zero-order chi connectivity index (χ0) is 22.3. The highest BCUT2D eigenvalue weighted by molar-refractivity contribution is 7.81. The lowest BCUT2D eigenvalue weighted by Gasteiger charge is -2.36. The van der Waals surface area contributed by atoms with Crippen molar-refractivity contribution in [2.45, 2.75) is 50.1 Å². The normalized spacial score (nSPS) is 24.6. The number of alkyl halides is 3. The van der Waals surface area contributed by atoms with Crippen molar-refractivity contribution in [2.24, 2.45) is 0 Å². The number of H-pyrrole nitrogens is 1. The number of nitrogens with one attached hydrogen (secondary N) is 2. The van der Waals surface area contributed by atoms with Gasteiger partial charge in [0.1, 0.15) is 16.8 Å². The maximum Gasteiger partial charge on any atom is 0.419 e. The summed E-state index contributed by atoms with van der Waals surface area (Å²) in [6.07, 6.45) is -4.29. The molecule has 2 unspecified atom stereocenters. The number of hydrogen-bond acceptors (Lipinski definition) is 6. The summed E-state index contributed by atoms with van der Waals surface area (Å²) < 4.78 is 52.2. The third-order valence-electron chi connectivity index (χ3n) is 4.93. The SMILES string of the molecule is CC(C)(C)OC(=O)N1CCC(OCCN2c3cc[nH]c3C(=O)NC2S)(C(F)(F)F)C1. The number of thiol groups is 1. The quantitative estimate of drug-likeness (QED) is 0.614. The molecule has 0 spiro atoms. The second kappa shape index (κ2) is 7.88. The van der Waals surface area contributed by atoms with E-state index in [0.717, 1.165) is 4.90 Å². The van der Waals surface area contributed by atoms with Gasteiger partial charge in [0.05, 0.1) is 18.8 Å². The first-order valence-electron chi connectivity index (χ1n) is 9.45. The van der Waals surface area contributed by atoms with Gasteiger partial charge in [-0.1, -0.05) is 0 Å². The second-order valence-corrected chi connectivity index (χ2v) is 8.76. The molecule has 1 aromatic heterocycles. The summed E-state index contributed by atoms with van der Waals surface area (Å²) in [5.74, 6) is -0.345. The van der Waals surface area contributed by atoms with Gasteiger partial charge in [-0.3, -0.25) is 4.79 Å². The minimum atomic E-state index is -4.67. The largest absolute Gasteiger partial charge is 0.444 e. The molecule has 0 radical (unpaired) electrons. The highest BCUT2D eigenvalue weighted by atomic mass is 32.1. The molecule has 168 valence electrons. The highest BCUT2D eigenvalue weighted by Gasteiger charge is 2.60. The molecule has 0 saturated carbocycles. The van der Waals surface area contributed by atoms with Crippen molar-refractivity contribution in [2.75, 3.05) is 31.1 Å². The van der Waals surface area contributed by atoms with E-state index in [1.165, 1.54) is 0 Å². The third-order valence-corrected chi connectivity index (χ3v) is 5.34. The monoisotopic (exact) mass is 450 g/mol. The molecule has 3 rings (SSSR count). The molecule has 1 aromatic rings. The zero-order valence-corrected chi connectivity index (χ0v) is 17.8. The topological polar surface area (TPSA) is 86.9 Å². The Kier molecular flexibility index (Phi) is 5.93. The van der Waals surface area contributed by atoms with Gasteiger partial charge in [-0.15, -0.1) is 12.6 Å². The number of halogens is 3. The van der Waals surface area contributed by atoms with Gasteiger partial charge in [-0.25, -0.2) is 4.79 Å². The molecule has 8 nitrogen and oxygen atoms in total. The number of rotatable bonds is 4. The maximum absolute atomic E-state index is 13.9. The van der Waals surface area contributed by atoms with Crippen molar-refractivity contribution in [3.63, 3.8) is 0 Å². The van der Waals surface area contributed by atoms with E-state index in [4.69, 9.17) is 9.47 Å². The first kappa shape index (κ1) is 22.6. The Bertz CT molecular complexity index is 810. The Labute approximate surface area is 177 Å². The van der Waals surface area contributed by atoms with Crippen LogP contribution >= 0.6 is 12.6 Å². The number of ether oxygens (including phenoxy) is 2. The lowest BCUT2D eigenvalue weighted by atomic mass is 10.0. The van der Waals surface area contributed by atoms with Gasteiger partial charge in [0.25, 0.3) is 5.91 Å². The summed E-state index contributed by atoms with van der Waals surface area (Å²) in [5.41, 5.74) is -3.15. The third kappa shape index (κ3) is 4.48. The number of aromatic nitrogens is 1. The van der Waals surface area contributed by atoms with E-state index in [1.54, 1.807) is 37.9 Å². The van der Waals surface area contributed by atoms with E-state index in [1.807, 2.05) is 0 Å². The number of likely N-dealkylation sites (tertiary alicyclic amines) is 1. The molecule has 0 aliphatic carbocycles. The molecular formula is C18H25F3N4O4S. The molecule has 2 aliphatic rings. The molecule has 3 heterocycles. The maximum atomic E-state index is 13.9. The van der Waals surface area contributed by atoms with Crippen LogP contribution < -0.4 is 10.2 Å². The van der Waals surface area contributed by atoms with Crippen LogP contribution in [0.5, 0.6) is 0 Å². The fourth-order valence-electron chi connectivity index (χ4n) is 3.46. The predicted octanol–water partition coefficient (Wildman–Crippen LogP) is 2.74. The summed E-state index contributed by atoms with van der Waals surface area (Å²) in [5, 5.41) is 2.61. The van der Waals surface area contributed by atoms with Crippen molar-refractivity contribution < 1.29 is 32.2 Å². The van der Waals surface area contributed by atoms with E-state index < -0.39 is 35.5 Å². The van der Waals surface area contributed by atoms with E-state index >= 15 is 0 Å². The highest BCUT2D eigenvalue weighted by Crippen LogP contribution is 2.41.